The molecule has 0 bridgehead atoms. The maximum Gasteiger partial charge on any atom is 0.0667 e. The fraction of sp³-hybridized carbons (Fsp3) is 1.00. The van der Waals surface area contributed by atoms with Crippen LogP contribution < -0.4 is 10.6 Å². The van der Waals surface area contributed by atoms with Crippen molar-refractivity contribution in [1.29, 1.82) is 0 Å². The molecule has 11 heavy (non-hydrogen) atoms. The molecule has 0 aliphatic carbocycles. The Labute approximate surface area is 80.5 Å². The van der Waals surface area contributed by atoms with Gasteiger partial charge in [-0.15, -0.1) is 24.0 Å². The zero-order valence-corrected chi connectivity index (χ0v) is 9.14. The first-order chi connectivity index (χ1) is 4.54. The first-order valence-electron chi connectivity index (χ1n) is 3.56. The molecule has 1 atom stereocenters. The lowest BCUT2D eigenvalue weighted by Crippen LogP contribution is -2.52. The van der Waals surface area contributed by atoms with Crippen molar-refractivity contribution >= 4 is 24.0 Å². The van der Waals surface area contributed by atoms with Gasteiger partial charge in [0.25, 0.3) is 0 Å². The van der Waals surface area contributed by atoms with Gasteiger partial charge in [0.15, 0.2) is 0 Å². The highest BCUT2D eigenvalue weighted by molar-refractivity contribution is 6.20. The Hall–Kier alpha value is 0.500. The molecule has 0 saturated heterocycles. The van der Waals surface area contributed by atoms with E-state index in [0.29, 0.717) is 0 Å². The third-order valence-corrected chi connectivity index (χ3v) is 1.95. The molecule has 0 radical (unpaired) electrons. The van der Waals surface area contributed by atoms with Crippen molar-refractivity contribution in [2.24, 2.45) is 0 Å². The van der Waals surface area contributed by atoms with Gasteiger partial charge in [-0.1, -0.05) is 0 Å². The lowest BCUT2D eigenvalue weighted by molar-refractivity contribution is 0.303. The van der Waals surface area contributed by atoms with Crippen LogP contribution in [0, 0.1) is 0 Å². The molecule has 0 aromatic heterocycles. The fourth-order valence-corrected chi connectivity index (χ4v) is 1.20. The first-order valence-corrected chi connectivity index (χ1v) is 3.99. The van der Waals surface area contributed by atoms with Crippen LogP contribution in [-0.4, -0.2) is 25.1 Å². The molecule has 0 rings (SSSR count). The average molecular weight is 201 g/mol. The normalized spacial score (nSPS) is 13.9. The number of nitrogens with one attached hydrogen (secondary N) is 2. The summed E-state index contributed by atoms with van der Waals surface area (Å²) >= 11 is 5.84. The summed E-state index contributed by atoms with van der Waals surface area (Å²) in [5, 5.41) is 6.53. The summed E-state index contributed by atoms with van der Waals surface area (Å²) in [6.45, 7) is 4.08. The maximum atomic E-state index is 5.84. The number of halogens is 2. The second kappa shape index (κ2) is 6.06. The standard InChI is InChI=1S/C7H17ClN2.ClH/c1-6(8)5-7(2,9-3)10-4;/h6,9-10H,5H2,1-4H3;1H. The highest BCUT2D eigenvalue weighted by atomic mass is 35.5. The molecular formula is C7H18Cl2N2. The molecule has 0 aromatic carbocycles. The van der Waals surface area contributed by atoms with E-state index in [1.165, 1.54) is 0 Å². The second-order valence-corrected chi connectivity index (χ2v) is 3.56. The van der Waals surface area contributed by atoms with Gasteiger partial charge in [0.1, 0.15) is 0 Å². The summed E-state index contributed by atoms with van der Waals surface area (Å²) < 4.78 is 0. The van der Waals surface area contributed by atoms with E-state index >= 15 is 0 Å². The predicted molar refractivity (Wildman–Crippen MR) is 53.7 cm³/mol. The van der Waals surface area contributed by atoms with Crippen LogP contribution in [0.25, 0.3) is 0 Å². The quantitative estimate of drug-likeness (QED) is 0.533. The summed E-state index contributed by atoms with van der Waals surface area (Å²) in [6, 6.07) is 0. The summed E-state index contributed by atoms with van der Waals surface area (Å²) in [5.74, 6) is 0. The lowest BCUT2D eigenvalue weighted by Gasteiger charge is -2.29. The molecule has 0 heterocycles. The minimum atomic E-state index is -0.0266. The van der Waals surface area contributed by atoms with Crippen molar-refractivity contribution < 1.29 is 0 Å². The Balaban J connectivity index is 0. The molecule has 2 N–H and O–H groups in total. The third-order valence-electron chi connectivity index (χ3n) is 1.79. The average Bonchev–Trinajstić information content (AvgIpc) is 1.87. The number of hydrogen-bond donors (Lipinski definition) is 2. The van der Waals surface area contributed by atoms with Gasteiger partial charge in [-0.2, -0.15) is 0 Å². The van der Waals surface area contributed by atoms with Crippen LogP contribution in [-0.2, 0) is 0 Å². The molecule has 4 heteroatoms. The van der Waals surface area contributed by atoms with Crippen LogP contribution in [0.3, 0.4) is 0 Å². The summed E-state index contributed by atoms with van der Waals surface area (Å²) in [5.41, 5.74) is -0.0266. The van der Waals surface area contributed by atoms with Gasteiger partial charge < -0.3 is 10.6 Å². The Morgan fingerprint density at radius 1 is 1.36 bits per heavy atom. The van der Waals surface area contributed by atoms with Crippen molar-refractivity contribution in [3.63, 3.8) is 0 Å². The molecule has 0 fully saturated rings. The van der Waals surface area contributed by atoms with Crippen molar-refractivity contribution in [3.8, 4) is 0 Å². The number of alkyl halides is 1. The summed E-state index contributed by atoms with van der Waals surface area (Å²) in [7, 11) is 3.85. The number of rotatable bonds is 4. The Kier molecular flexibility index (Phi) is 7.75. The monoisotopic (exact) mass is 200 g/mol. The zero-order valence-electron chi connectivity index (χ0n) is 7.57. The van der Waals surface area contributed by atoms with Crippen molar-refractivity contribution in [2.45, 2.75) is 31.3 Å². The molecule has 0 aromatic rings. The molecule has 0 amide bonds. The van der Waals surface area contributed by atoms with E-state index in [0.717, 1.165) is 6.42 Å². The Morgan fingerprint density at radius 2 is 1.73 bits per heavy atom. The van der Waals surface area contributed by atoms with Crippen LogP contribution in [0.1, 0.15) is 20.3 Å². The minimum Gasteiger partial charge on any atom is -0.303 e. The van der Waals surface area contributed by atoms with E-state index in [4.69, 9.17) is 11.6 Å². The van der Waals surface area contributed by atoms with Crippen LogP contribution >= 0.6 is 24.0 Å². The van der Waals surface area contributed by atoms with Crippen molar-refractivity contribution in [2.75, 3.05) is 14.1 Å². The highest BCUT2D eigenvalue weighted by Gasteiger charge is 2.20. The molecular weight excluding hydrogens is 183 g/mol. The van der Waals surface area contributed by atoms with E-state index in [1.54, 1.807) is 0 Å². The summed E-state index contributed by atoms with van der Waals surface area (Å²) in [4.78, 5) is 0. The maximum absolute atomic E-state index is 5.84. The van der Waals surface area contributed by atoms with E-state index < -0.39 is 0 Å². The smallest absolute Gasteiger partial charge is 0.0667 e. The van der Waals surface area contributed by atoms with E-state index in [9.17, 15) is 0 Å². The zero-order chi connectivity index (χ0) is 8.20. The van der Waals surface area contributed by atoms with Gasteiger partial charge in [-0.3, -0.25) is 0 Å². The third kappa shape index (κ3) is 5.74. The SMILES string of the molecule is CNC(C)(CC(C)Cl)NC.Cl. The van der Waals surface area contributed by atoms with Crippen LogP contribution in [0.2, 0.25) is 0 Å². The van der Waals surface area contributed by atoms with Gasteiger partial charge in [-0.25, -0.2) is 0 Å². The fourth-order valence-electron chi connectivity index (χ4n) is 0.892. The van der Waals surface area contributed by atoms with Crippen molar-refractivity contribution in [1.82, 2.24) is 10.6 Å². The summed E-state index contributed by atoms with van der Waals surface area (Å²) in [6.07, 6.45) is 0.918. The largest absolute Gasteiger partial charge is 0.303 e. The minimum absolute atomic E-state index is 0. The topological polar surface area (TPSA) is 24.1 Å². The van der Waals surface area contributed by atoms with E-state index in [-0.39, 0.29) is 23.4 Å². The Morgan fingerprint density at radius 3 is 1.82 bits per heavy atom. The molecule has 0 saturated carbocycles. The van der Waals surface area contributed by atoms with Gasteiger partial charge >= 0.3 is 0 Å². The lowest BCUT2D eigenvalue weighted by atomic mass is 10.1. The van der Waals surface area contributed by atoms with Crippen LogP contribution in [0.4, 0.5) is 0 Å². The molecule has 1 unspecified atom stereocenters. The molecule has 2 nitrogen and oxygen atoms in total. The highest BCUT2D eigenvalue weighted by Crippen LogP contribution is 2.11. The molecule has 0 spiro atoms. The van der Waals surface area contributed by atoms with Crippen LogP contribution in [0.15, 0.2) is 0 Å². The van der Waals surface area contributed by atoms with Gasteiger partial charge in [0.05, 0.1) is 5.66 Å². The first kappa shape index (κ1) is 14.0. The van der Waals surface area contributed by atoms with Crippen molar-refractivity contribution in [3.05, 3.63) is 0 Å². The van der Waals surface area contributed by atoms with E-state index in [2.05, 4.69) is 17.6 Å². The molecule has 0 aliphatic rings. The van der Waals surface area contributed by atoms with Gasteiger partial charge in [0.2, 0.25) is 0 Å². The molecule has 70 valence electrons. The van der Waals surface area contributed by atoms with Gasteiger partial charge in [0, 0.05) is 5.38 Å². The van der Waals surface area contributed by atoms with Crippen LogP contribution in [0.5, 0.6) is 0 Å². The molecule has 0 aliphatic heterocycles. The van der Waals surface area contributed by atoms with Gasteiger partial charge in [-0.05, 0) is 34.4 Å². The Bertz CT molecular complexity index is 92.4. The second-order valence-electron chi connectivity index (χ2n) is 2.82. The predicted octanol–water partition coefficient (Wildman–Crippen LogP) is 1.58. The van der Waals surface area contributed by atoms with E-state index in [1.807, 2.05) is 21.0 Å². The number of hydrogen-bond acceptors (Lipinski definition) is 2.